The molecule has 0 aliphatic rings. The lowest BCUT2D eigenvalue weighted by Gasteiger charge is -2.13. The van der Waals surface area contributed by atoms with Crippen molar-refractivity contribution in [2.75, 3.05) is 6.61 Å². The number of hydrogen-bond donors (Lipinski definition) is 1. The number of aliphatic hydroxyl groups excluding tert-OH is 1. The molecule has 4 heteroatoms. The second-order valence-corrected chi connectivity index (χ2v) is 5.79. The van der Waals surface area contributed by atoms with E-state index in [4.69, 9.17) is 15.1 Å². The highest BCUT2D eigenvalue weighted by atomic mass is 16.5. The van der Waals surface area contributed by atoms with Crippen molar-refractivity contribution >= 4 is 5.97 Å². The van der Waals surface area contributed by atoms with Crippen molar-refractivity contribution in [2.24, 2.45) is 5.41 Å². The van der Waals surface area contributed by atoms with Crippen LogP contribution in [-0.4, -0.2) is 17.7 Å². The van der Waals surface area contributed by atoms with Gasteiger partial charge in [-0.15, -0.1) is 0 Å². The molecule has 1 N–H and O–H groups in total. The first-order valence-corrected chi connectivity index (χ1v) is 7.22. The number of benzene rings is 1. The summed E-state index contributed by atoms with van der Waals surface area (Å²) in [6, 6.07) is 9.91. The van der Waals surface area contributed by atoms with Crippen LogP contribution in [0.4, 0.5) is 0 Å². The van der Waals surface area contributed by atoms with Crippen molar-refractivity contribution in [1.82, 2.24) is 0 Å². The molecule has 0 aliphatic carbocycles. The Morgan fingerprint density at radius 3 is 2.48 bits per heavy atom. The van der Waals surface area contributed by atoms with Gasteiger partial charge in [0.2, 0.25) is 0 Å². The molecule has 1 aromatic carbocycles. The van der Waals surface area contributed by atoms with Crippen LogP contribution in [0.25, 0.3) is 0 Å². The highest BCUT2D eigenvalue weighted by Crippen LogP contribution is 2.20. The Labute approximate surface area is 126 Å². The van der Waals surface area contributed by atoms with E-state index in [1.54, 1.807) is 0 Å². The van der Waals surface area contributed by atoms with Crippen molar-refractivity contribution in [3.63, 3.8) is 0 Å². The van der Waals surface area contributed by atoms with E-state index in [1.807, 2.05) is 38.1 Å². The molecule has 0 saturated carbocycles. The molecule has 0 heterocycles. The van der Waals surface area contributed by atoms with Crippen LogP contribution in [0.5, 0.6) is 0 Å². The highest BCUT2D eigenvalue weighted by molar-refractivity contribution is 5.69. The first-order valence-electron chi connectivity index (χ1n) is 7.22. The van der Waals surface area contributed by atoms with Gasteiger partial charge in [-0.25, -0.2) is 0 Å². The zero-order chi connectivity index (χ0) is 15.7. The molecular weight excluding hydrogens is 266 g/mol. The maximum absolute atomic E-state index is 11.5. The molecule has 0 bridgehead atoms. The average Bonchev–Trinajstić information content (AvgIpc) is 2.50. The standard InChI is InChI=1S/C17H23NO3/c1-17(2,13-18)10-9-16(20)21-11-3-4-14-5-7-15(12-19)8-6-14/h5-8,19H,3-4,9-12H2,1-2H3. The van der Waals surface area contributed by atoms with Crippen molar-refractivity contribution in [3.8, 4) is 6.07 Å². The maximum Gasteiger partial charge on any atom is 0.305 e. The molecular formula is C17H23NO3. The van der Waals surface area contributed by atoms with E-state index in [2.05, 4.69) is 6.07 Å². The van der Waals surface area contributed by atoms with Gasteiger partial charge in [-0.2, -0.15) is 5.26 Å². The lowest BCUT2D eigenvalue weighted by Crippen LogP contribution is -2.13. The van der Waals surface area contributed by atoms with Crippen molar-refractivity contribution in [2.45, 2.75) is 46.1 Å². The molecule has 0 atom stereocenters. The van der Waals surface area contributed by atoms with Crippen LogP contribution in [0.2, 0.25) is 0 Å². The number of esters is 1. The Morgan fingerprint density at radius 2 is 1.90 bits per heavy atom. The van der Waals surface area contributed by atoms with Crippen LogP contribution in [0.15, 0.2) is 24.3 Å². The third-order valence-corrected chi connectivity index (χ3v) is 3.34. The topological polar surface area (TPSA) is 70.3 Å². The molecule has 0 aliphatic heterocycles. The van der Waals surface area contributed by atoms with Gasteiger partial charge in [-0.05, 0) is 44.2 Å². The number of carbonyl (C=O) groups excluding carboxylic acids is 1. The fraction of sp³-hybridized carbons (Fsp3) is 0.529. The molecule has 0 unspecified atom stereocenters. The fourth-order valence-corrected chi connectivity index (χ4v) is 1.82. The van der Waals surface area contributed by atoms with Crippen LogP contribution < -0.4 is 0 Å². The minimum atomic E-state index is -0.479. The van der Waals surface area contributed by atoms with Gasteiger partial charge in [0.15, 0.2) is 0 Å². The van der Waals surface area contributed by atoms with Gasteiger partial charge < -0.3 is 9.84 Å². The van der Waals surface area contributed by atoms with Gasteiger partial charge in [-0.3, -0.25) is 4.79 Å². The van der Waals surface area contributed by atoms with Crippen LogP contribution in [-0.2, 0) is 22.6 Å². The number of nitrogens with zero attached hydrogens (tertiary/aromatic N) is 1. The highest BCUT2D eigenvalue weighted by Gasteiger charge is 2.18. The first-order chi connectivity index (χ1) is 9.96. The Kier molecular flexibility index (Phi) is 6.90. The predicted molar refractivity (Wildman–Crippen MR) is 80.3 cm³/mol. The summed E-state index contributed by atoms with van der Waals surface area (Å²) < 4.78 is 5.16. The summed E-state index contributed by atoms with van der Waals surface area (Å²) in [5, 5.41) is 17.8. The molecule has 21 heavy (non-hydrogen) atoms. The lowest BCUT2D eigenvalue weighted by atomic mass is 9.90. The van der Waals surface area contributed by atoms with Crippen LogP contribution in [0.1, 0.15) is 44.2 Å². The fourth-order valence-electron chi connectivity index (χ4n) is 1.82. The quantitative estimate of drug-likeness (QED) is 0.590. The van der Waals surface area contributed by atoms with E-state index >= 15 is 0 Å². The maximum atomic E-state index is 11.5. The number of nitriles is 1. The monoisotopic (exact) mass is 289 g/mol. The molecule has 1 aromatic rings. The minimum Gasteiger partial charge on any atom is -0.466 e. The van der Waals surface area contributed by atoms with Crippen LogP contribution in [0.3, 0.4) is 0 Å². The molecule has 114 valence electrons. The van der Waals surface area contributed by atoms with Gasteiger partial charge in [0, 0.05) is 6.42 Å². The average molecular weight is 289 g/mol. The van der Waals surface area contributed by atoms with E-state index in [-0.39, 0.29) is 19.0 Å². The molecule has 0 aromatic heterocycles. The number of rotatable bonds is 8. The third kappa shape index (κ3) is 6.92. The molecule has 0 fully saturated rings. The summed E-state index contributed by atoms with van der Waals surface area (Å²) in [5.74, 6) is -0.242. The summed E-state index contributed by atoms with van der Waals surface area (Å²) >= 11 is 0. The summed E-state index contributed by atoms with van der Waals surface area (Å²) in [7, 11) is 0. The number of hydrogen-bond acceptors (Lipinski definition) is 4. The molecule has 0 spiro atoms. The number of aliphatic hydroxyl groups is 1. The molecule has 0 saturated heterocycles. The summed E-state index contributed by atoms with van der Waals surface area (Å²) in [6.07, 6.45) is 2.41. The largest absolute Gasteiger partial charge is 0.466 e. The molecule has 1 rings (SSSR count). The Bertz CT molecular complexity index is 486. The van der Waals surface area contributed by atoms with Crippen molar-refractivity contribution < 1.29 is 14.6 Å². The normalized spacial score (nSPS) is 11.0. The van der Waals surface area contributed by atoms with E-state index in [0.717, 1.165) is 24.0 Å². The van der Waals surface area contributed by atoms with E-state index in [0.29, 0.717) is 13.0 Å². The van der Waals surface area contributed by atoms with E-state index < -0.39 is 5.41 Å². The van der Waals surface area contributed by atoms with Gasteiger partial charge >= 0.3 is 5.97 Å². The van der Waals surface area contributed by atoms with Gasteiger partial charge in [0.25, 0.3) is 0 Å². The Balaban J connectivity index is 2.18. The zero-order valence-corrected chi connectivity index (χ0v) is 12.8. The summed E-state index contributed by atoms with van der Waals surface area (Å²) in [5.41, 5.74) is 1.58. The summed E-state index contributed by atoms with van der Waals surface area (Å²) in [4.78, 5) is 11.5. The van der Waals surface area contributed by atoms with Gasteiger partial charge in [0.1, 0.15) is 0 Å². The summed E-state index contributed by atoms with van der Waals surface area (Å²) in [6.45, 7) is 4.08. The number of ether oxygens (including phenoxy) is 1. The van der Waals surface area contributed by atoms with Crippen molar-refractivity contribution in [3.05, 3.63) is 35.4 Å². The molecule has 0 radical (unpaired) electrons. The second-order valence-electron chi connectivity index (χ2n) is 5.79. The Morgan fingerprint density at radius 1 is 1.29 bits per heavy atom. The Hall–Kier alpha value is -1.86. The van der Waals surface area contributed by atoms with E-state index in [9.17, 15) is 4.79 Å². The van der Waals surface area contributed by atoms with Crippen molar-refractivity contribution in [1.29, 1.82) is 5.26 Å². The number of carbonyl (C=O) groups is 1. The third-order valence-electron chi connectivity index (χ3n) is 3.34. The van der Waals surface area contributed by atoms with E-state index in [1.165, 1.54) is 0 Å². The lowest BCUT2D eigenvalue weighted by molar-refractivity contribution is -0.144. The van der Waals surface area contributed by atoms with Gasteiger partial charge in [0.05, 0.1) is 24.7 Å². The van der Waals surface area contributed by atoms with Gasteiger partial charge in [-0.1, -0.05) is 24.3 Å². The SMILES string of the molecule is CC(C)(C#N)CCC(=O)OCCCc1ccc(CO)cc1. The molecule has 4 nitrogen and oxygen atoms in total. The van der Waals surface area contributed by atoms with Crippen LogP contribution >= 0.6 is 0 Å². The first kappa shape index (κ1) is 17.2. The molecule has 0 amide bonds. The smallest absolute Gasteiger partial charge is 0.305 e. The predicted octanol–water partition coefficient (Wildman–Crippen LogP) is 2.98. The second kappa shape index (κ2) is 8.43. The zero-order valence-electron chi connectivity index (χ0n) is 12.8. The number of aryl methyl sites for hydroxylation is 1. The van der Waals surface area contributed by atoms with Crippen LogP contribution in [0, 0.1) is 16.7 Å². The minimum absolute atomic E-state index is 0.0525.